The second-order valence-corrected chi connectivity index (χ2v) is 8.55. The molecule has 1 saturated heterocycles. The maximum atomic E-state index is 12.4. The highest BCUT2D eigenvalue weighted by atomic mass is 79.9. The Labute approximate surface area is 185 Å². The van der Waals surface area contributed by atoms with Gasteiger partial charge in [-0.3, -0.25) is 9.79 Å². The van der Waals surface area contributed by atoms with E-state index in [-0.39, 0.29) is 17.3 Å². The number of piperidine rings is 1. The number of amides is 1. The van der Waals surface area contributed by atoms with Gasteiger partial charge in [0.25, 0.3) is 5.91 Å². The van der Waals surface area contributed by atoms with Gasteiger partial charge >= 0.3 is 0 Å². The number of halogens is 1. The fourth-order valence-corrected chi connectivity index (χ4v) is 4.64. The lowest BCUT2D eigenvalue weighted by molar-refractivity contribution is -0.114. The molecule has 2 heterocycles. The van der Waals surface area contributed by atoms with Crippen molar-refractivity contribution in [3.05, 3.63) is 27.7 Å². The van der Waals surface area contributed by atoms with Crippen molar-refractivity contribution in [3.8, 4) is 11.5 Å². The SMILES string of the molecule is COc1cc(C(N)=C(C(N)=O)C2=NCCC(C3CCN(C)CC3)N2)cc(OC)c1Br. The molecule has 0 aromatic heterocycles. The summed E-state index contributed by atoms with van der Waals surface area (Å²) in [4.78, 5) is 19.3. The average molecular weight is 480 g/mol. The molecule has 9 heteroatoms. The van der Waals surface area contributed by atoms with Gasteiger partial charge in [0.05, 0.1) is 19.9 Å². The van der Waals surface area contributed by atoms with Crippen molar-refractivity contribution in [1.29, 1.82) is 0 Å². The Morgan fingerprint density at radius 3 is 2.30 bits per heavy atom. The van der Waals surface area contributed by atoms with Gasteiger partial charge < -0.3 is 31.2 Å². The summed E-state index contributed by atoms with van der Waals surface area (Å²) in [6.45, 7) is 2.79. The molecule has 164 valence electrons. The number of ether oxygens (including phenoxy) is 2. The van der Waals surface area contributed by atoms with Gasteiger partial charge in [0.15, 0.2) is 0 Å². The molecule has 8 nitrogen and oxygen atoms in total. The summed E-state index contributed by atoms with van der Waals surface area (Å²) in [6.07, 6.45) is 3.17. The molecular formula is C21H30BrN5O3. The van der Waals surface area contributed by atoms with Crippen LogP contribution in [-0.2, 0) is 4.79 Å². The molecule has 1 unspecified atom stereocenters. The first-order chi connectivity index (χ1) is 14.3. The van der Waals surface area contributed by atoms with Gasteiger partial charge in [-0.25, -0.2) is 0 Å². The third-order valence-corrected chi connectivity index (χ3v) is 6.66. The van der Waals surface area contributed by atoms with Crippen molar-refractivity contribution in [2.24, 2.45) is 22.4 Å². The second-order valence-electron chi connectivity index (χ2n) is 7.76. The van der Waals surface area contributed by atoms with E-state index in [2.05, 4.69) is 38.2 Å². The Bertz CT molecular complexity index is 837. The molecule has 1 amide bonds. The number of rotatable bonds is 6. The number of hydrogen-bond donors (Lipinski definition) is 3. The van der Waals surface area contributed by atoms with Crippen LogP contribution in [0.5, 0.6) is 11.5 Å². The number of carbonyl (C=O) groups excluding carboxylic acids is 1. The maximum Gasteiger partial charge on any atom is 0.254 e. The van der Waals surface area contributed by atoms with Crippen LogP contribution in [-0.4, -0.2) is 63.6 Å². The molecule has 0 spiro atoms. The molecule has 30 heavy (non-hydrogen) atoms. The monoisotopic (exact) mass is 479 g/mol. The van der Waals surface area contributed by atoms with Gasteiger partial charge in [-0.05, 0) is 73.4 Å². The number of nitrogens with zero attached hydrogens (tertiary/aromatic N) is 2. The first-order valence-electron chi connectivity index (χ1n) is 10.1. The second kappa shape index (κ2) is 9.70. The van der Waals surface area contributed by atoms with Crippen molar-refractivity contribution in [2.45, 2.75) is 25.3 Å². The van der Waals surface area contributed by atoms with Crippen LogP contribution >= 0.6 is 15.9 Å². The van der Waals surface area contributed by atoms with E-state index in [1.54, 1.807) is 26.4 Å². The molecule has 2 aliphatic heterocycles. The van der Waals surface area contributed by atoms with E-state index in [4.69, 9.17) is 20.9 Å². The number of aliphatic imine (C=N–C) groups is 1. The quantitative estimate of drug-likeness (QED) is 0.535. The summed E-state index contributed by atoms with van der Waals surface area (Å²) in [5.74, 6) is 1.47. The van der Waals surface area contributed by atoms with Crippen LogP contribution in [0.2, 0.25) is 0 Å². The summed E-state index contributed by atoms with van der Waals surface area (Å²) in [5.41, 5.74) is 13.2. The van der Waals surface area contributed by atoms with Crippen LogP contribution in [0.15, 0.2) is 27.2 Å². The van der Waals surface area contributed by atoms with E-state index >= 15 is 0 Å². The molecule has 1 atom stereocenters. The Hall–Kier alpha value is -2.26. The van der Waals surface area contributed by atoms with E-state index in [9.17, 15) is 4.79 Å². The molecule has 0 saturated carbocycles. The number of amidine groups is 1. The van der Waals surface area contributed by atoms with Crippen LogP contribution in [0.25, 0.3) is 5.70 Å². The molecule has 1 aromatic carbocycles. The van der Waals surface area contributed by atoms with Gasteiger partial charge in [0.1, 0.15) is 27.4 Å². The van der Waals surface area contributed by atoms with Crippen LogP contribution in [0, 0.1) is 5.92 Å². The van der Waals surface area contributed by atoms with E-state index in [1.165, 1.54) is 0 Å². The largest absolute Gasteiger partial charge is 0.495 e. The summed E-state index contributed by atoms with van der Waals surface area (Å²) in [6, 6.07) is 3.73. The molecule has 5 N–H and O–H groups in total. The van der Waals surface area contributed by atoms with Crippen LogP contribution < -0.4 is 26.3 Å². The average Bonchev–Trinajstić information content (AvgIpc) is 2.74. The number of hydrogen-bond acceptors (Lipinski definition) is 7. The fraction of sp³-hybridized carbons (Fsp3) is 0.524. The molecule has 2 aliphatic rings. The van der Waals surface area contributed by atoms with Gasteiger partial charge in [-0.2, -0.15) is 0 Å². The maximum absolute atomic E-state index is 12.4. The lowest BCUT2D eigenvalue weighted by Gasteiger charge is -2.37. The Kier molecular flexibility index (Phi) is 7.25. The van der Waals surface area contributed by atoms with Gasteiger partial charge in [0, 0.05) is 18.2 Å². The number of nitrogens with one attached hydrogen (secondary N) is 1. The summed E-state index contributed by atoms with van der Waals surface area (Å²) < 4.78 is 11.5. The standard InChI is InChI=1S/C21H30BrN5O3/c1-27-8-5-12(6-9-27)14-4-7-25-21(26-14)17(20(24)28)19(23)13-10-15(29-2)18(22)16(11-13)30-3/h10-12,14H,4-9,23H2,1-3H3,(H2,24,28)(H,25,26). The predicted octanol–water partition coefficient (Wildman–Crippen LogP) is 1.72. The lowest BCUT2D eigenvalue weighted by Crippen LogP contribution is -2.49. The topological polar surface area (TPSA) is 115 Å². The van der Waals surface area contributed by atoms with Crippen molar-refractivity contribution >= 4 is 33.4 Å². The number of benzene rings is 1. The first kappa shape index (κ1) is 22.4. The highest BCUT2D eigenvalue weighted by Crippen LogP contribution is 2.37. The predicted molar refractivity (Wildman–Crippen MR) is 122 cm³/mol. The highest BCUT2D eigenvalue weighted by Gasteiger charge is 2.30. The zero-order valence-electron chi connectivity index (χ0n) is 17.7. The van der Waals surface area contributed by atoms with Gasteiger partial charge in [-0.15, -0.1) is 0 Å². The Morgan fingerprint density at radius 2 is 1.77 bits per heavy atom. The van der Waals surface area contributed by atoms with Crippen LogP contribution in [0.1, 0.15) is 24.8 Å². The molecule has 0 aliphatic carbocycles. The third kappa shape index (κ3) is 4.73. The minimum absolute atomic E-state index is 0.194. The molecule has 3 rings (SSSR count). The first-order valence-corrected chi connectivity index (χ1v) is 10.9. The molecule has 1 aromatic rings. The fourth-order valence-electron chi connectivity index (χ4n) is 4.09. The minimum Gasteiger partial charge on any atom is -0.495 e. The Morgan fingerprint density at radius 1 is 1.17 bits per heavy atom. The number of likely N-dealkylation sites (tertiary alicyclic amines) is 1. The zero-order chi connectivity index (χ0) is 21.8. The highest BCUT2D eigenvalue weighted by molar-refractivity contribution is 9.10. The van der Waals surface area contributed by atoms with E-state index in [0.717, 1.165) is 32.4 Å². The van der Waals surface area contributed by atoms with Crippen molar-refractivity contribution in [3.63, 3.8) is 0 Å². The summed E-state index contributed by atoms with van der Waals surface area (Å²) in [5, 5.41) is 3.46. The third-order valence-electron chi connectivity index (χ3n) is 5.87. The minimum atomic E-state index is -0.622. The number of primary amides is 1. The van der Waals surface area contributed by atoms with Crippen LogP contribution in [0.3, 0.4) is 0 Å². The van der Waals surface area contributed by atoms with Crippen molar-refractivity contribution < 1.29 is 14.3 Å². The van der Waals surface area contributed by atoms with Crippen molar-refractivity contribution in [2.75, 3.05) is 40.9 Å². The number of methoxy groups -OCH3 is 2. The van der Waals surface area contributed by atoms with Gasteiger partial charge in [-0.1, -0.05) is 0 Å². The smallest absolute Gasteiger partial charge is 0.254 e. The molecule has 1 fully saturated rings. The Balaban J connectivity index is 1.94. The van der Waals surface area contributed by atoms with Crippen molar-refractivity contribution in [1.82, 2.24) is 10.2 Å². The van der Waals surface area contributed by atoms with E-state index in [1.807, 2.05) is 0 Å². The molecular weight excluding hydrogens is 450 g/mol. The van der Waals surface area contributed by atoms with E-state index < -0.39 is 5.91 Å². The zero-order valence-corrected chi connectivity index (χ0v) is 19.3. The van der Waals surface area contributed by atoms with E-state index in [0.29, 0.717) is 39.8 Å². The summed E-state index contributed by atoms with van der Waals surface area (Å²) in [7, 11) is 5.25. The van der Waals surface area contributed by atoms with Crippen LogP contribution in [0.4, 0.5) is 0 Å². The molecule has 0 bridgehead atoms. The number of carbonyl (C=O) groups is 1. The number of nitrogens with two attached hydrogens (primary N) is 2. The van der Waals surface area contributed by atoms with Gasteiger partial charge in [0.2, 0.25) is 0 Å². The molecule has 0 radical (unpaired) electrons. The lowest BCUT2D eigenvalue weighted by atomic mass is 9.86. The summed E-state index contributed by atoms with van der Waals surface area (Å²) >= 11 is 3.45. The normalized spacial score (nSPS) is 21.3.